The highest BCUT2D eigenvalue weighted by molar-refractivity contribution is 5.97. The fourth-order valence-electron chi connectivity index (χ4n) is 5.17. The van der Waals surface area contributed by atoms with Gasteiger partial charge >= 0.3 is 5.97 Å². The molecule has 3 aromatic rings. The zero-order valence-electron chi connectivity index (χ0n) is 18.6. The molecule has 3 heterocycles. The highest BCUT2D eigenvalue weighted by Gasteiger charge is 2.49. The van der Waals surface area contributed by atoms with Crippen molar-refractivity contribution in [1.82, 2.24) is 14.7 Å². The first-order valence-corrected chi connectivity index (χ1v) is 11.1. The van der Waals surface area contributed by atoms with E-state index in [9.17, 15) is 23.2 Å². The van der Waals surface area contributed by atoms with Gasteiger partial charge in [0.05, 0.1) is 18.3 Å². The Morgan fingerprint density at radius 2 is 1.86 bits per heavy atom. The van der Waals surface area contributed by atoms with Crippen molar-refractivity contribution in [2.24, 2.45) is 0 Å². The fraction of sp³-hybridized carbons (Fsp3) is 0.280. The van der Waals surface area contributed by atoms with E-state index in [1.807, 2.05) is 0 Å². The lowest BCUT2D eigenvalue weighted by Gasteiger charge is -2.42. The lowest BCUT2D eigenvalue weighted by atomic mass is 9.79. The van der Waals surface area contributed by atoms with Gasteiger partial charge in [0.2, 0.25) is 11.2 Å². The number of esters is 1. The Kier molecular flexibility index (Phi) is 5.66. The highest BCUT2D eigenvalue weighted by atomic mass is 19.2. The molecule has 0 bridgehead atoms. The second kappa shape index (κ2) is 8.68. The number of hydrogen-bond acceptors (Lipinski definition) is 5. The molecule has 10 heteroatoms. The molecule has 0 saturated carbocycles. The number of hydrogen-bond donors (Lipinski definition) is 0. The zero-order valence-corrected chi connectivity index (χ0v) is 18.6. The molecule has 0 spiro atoms. The predicted molar refractivity (Wildman–Crippen MR) is 118 cm³/mol. The Hall–Kier alpha value is -3.95. The van der Waals surface area contributed by atoms with E-state index >= 15 is 4.39 Å². The van der Waals surface area contributed by atoms with Crippen LogP contribution in [0.4, 0.5) is 13.2 Å². The fourth-order valence-corrected chi connectivity index (χ4v) is 5.17. The van der Waals surface area contributed by atoms with Crippen molar-refractivity contribution in [3.8, 4) is 5.75 Å². The Balaban J connectivity index is 1.81. The normalized spacial score (nSPS) is 19.8. The average molecular weight is 483 g/mol. The molecule has 7 nitrogen and oxygen atoms in total. The molecule has 1 amide bonds. The number of rotatable bonds is 4. The molecular weight excluding hydrogens is 463 g/mol. The first-order valence-electron chi connectivity index (χ1n) is 11.1. The molecule has 35 heavy (non-hydrogen) atoms. The minimum absolute atomic E-state index is 0.0108. The molecule has 180 valence electrons. The van der Waals surface area contributed by atoms with Crippen LogP contribution in [0.15, 0.2) is 53.5 Å². The van der Waals surface area contributed by atoms with E-state index in [0.29, 0.717) is 24.9 Å². The van der Waals surface area contributed by atoms with Gasteiger partial charge in [0.25, 0.3) is 5.91 Å². The van der Waals surface area contributed by atoms with Crippen LogP contribution >= 0.6 is 0 Å². The monoisotopic (exact) mass is 483 g/mol. The molecular formula is C25H20F3N3O4. The van der Waals surface area contributed by atoms with Crippen molar-refractivity contribution in [2.45, 2.75) is 37.8 Å². The number of nitrogens with zero attached hydrogens (tertiary/aromatic N) is 3. The predicted octanol–water partition coefficient (Wildman–Crippen LogP) is 3.58. The van der Waals surface area contributed by atoms with Crippen molar-refractivity contribution < 1.29 is 27.5 Å². The summed E-state index contributed by atoms with van der Waals surface area (Å²) in [6.07, 6.45) is 2.11. The van der Waals surface area contributed by atoms with E-state index in [-0.39, 0.29) is 11.3 Å². The van der Waals surface area contributed by atoms with Gasteiger partial charge in [0.1, 0.15) is 5.82 Å². The van der Waals surface area contributed by atoms with Crippen molar-refractivity contribution in [3.05, 3.63) is 93.2 Å². The van der Waals surface area contributed by atoms with Gasteiger partial charge < -0.3 is 9.64 Å². The van der Waals surface area contributed by atoms with E-state index in [1.54, 1.807) is 4.90 Å². The molecule has 1 aromatic heterocycles. The summed E-state index contributed by atoms with van der Waals surface area (Å²) < 4.78 is 49.7. The molecule has 0 unspecified atom stereocenters. The Morgan fingerprint density at radius 3 is 2.57 bits per heavy atom. The van der Waals surface area contributed by atoms with Gasteiger partial charge in [-0.25, -0.2) is 17.9 Å². The summed E-state index contributed by atoms with van der Waals surface area (Å²) >= 11 is 0. The Bertz CT molecular complexity index is 1390. The highest BCUT2D eigenvalue weighted by Crippen LogP contribution is 2.46. The summed E-state index contributed by atoms with van der Waals surface area (Å²) in [5.74, 6) is -5.36. The third-order valence-corrected chi connectivity index (χ3v) is 6.54. The van der Waals surface area contributed by atoms with Crippen LogP contribution in [0.2, 0.25) is 0 Å². The number of ether oxygens (including phenoxy) is 1. The van der Waals surface area contributed by atoms with Crippen LogP contribution in [-0.2, 0) is 4.79 Å². The van der Waals surface area contributed by atoms with E-state index in [4.69, 9.17) is 4.74 Å². The van der Waals surface area contributed by atoms with Crippen molar-refractivity contribution in [1.29, 1.82) is 0 Å². The second-order valence-electron chi connectivity index (χ2n) is 8.60. The SMILES string of the molecule is CC(=O)Oc1c2n(ncc1=O)[C@@H]([C@H](c1ccc(F)cc1)c1cccc(F)c1F)[C@H]1CCCN1C2=O. The standard InChI is InChI=1S/C25H20F3N3O4/c1-13(32)35-24-19(33)12-29-31-22(18-6-3-11-30(18)25(34)23(24)31)20(14-7-9-15(26)10-8-14)16-4-2-5-17(27)21(16)28/h2,4-5,7-10,12,18,20,22H,3,6,11H2,1H3/t18-,20-,22-/m1/s1. The number of carbonyl (C=O) groups excluding carboxylic acids is 2. The maximum atomic E-state index is 15.2. The van der Waals surface area contributed by atoms with Crippen LogP contribution in [0.3, 0.4) is 0 Å². The zero-order chi connectivity index (χ0) is 24.9. The van der Waals surface area contributed by atoms with Crippen LogP contribution in [-0.4, -0.2) is 39.1 Å². The average Bonchev–Trinajstić information content (AvgIpc) is 3.31. The molecule has 2 aliphatic rings. The summed E-state index contributed by atoms with van der Waals surface area (Å²) in [6.45, 7) is 1.47. The van der Waals surface area contributed by atoms with Crippen molar-refractivity contribution >= 4 is 11.9 Å². The topological polar surface area (TPSA) is 81.5 Å². The van der Waals surface area contributed by atoms with Gasteiger partial charge in [-0.2, -0.15) is 5.10 Å². The molecule has 0 radical (unpaired) electrons. The number of amides is 1. The summed E-state index contributed by atoms with van der Waals surface area (Å²) in [5, 5.41) is 4.20. The van der Waals surface area contributed by atoms with Gasteiger partial charge in [0, 0.05) is 24.9 Å². The molecule has 1 fully saturated rings. The molecule has 1 saturated heterocycles. The second-order valence-corrected chi connectivity index (χ2v) is 8.60. The maximum absolute atomic E-state index is 15.2. The summed E-state index contributed by atoms with van der Waals surface area (Å²) in [6, 6.07) is 7.87. The number of aromatic nitrogens is 2. The summed E-state index contributed by atoms with van der Waals surface area (Å²) in [7, 11) is 0. The molecule has 5 rings (SSSR count). The molecule has 3 atom stereocenters. The number of benzene rings is 2. The largest absolute Gasteiger partial charge is 0.420 e. The van der Waals surface area contributed by atoms with Crippen LogP contribution in [0.25, 0.3) is 0 Å². The Morgan fingerprint density at radius 1 is 1.11 bits per heavy atom. The van der Waals surface area contributed by atoms with Gasteiger partial charge in [-0.05, 0) is 36.6 Å². The first kappa shape index (κ1) is 22.8. The molecule has 2 aromatic carbocycles. The summed E-state index contributed by atoms with van der Waals surface area (Å²) in [5.41, 5.74) is -0.544. The van der Waals surface area contributed by atoms with Gasteiger partial charge in [-0.3, -0.25) is 14.4 Å². The van der Waals surface area contributed by atoms with Crippen molar-refractivity contribution in [2.75, 3.05) is 6.54 Å². The van der Waals surface area contributed by atoms with E-state index in [2.05, 4.69) is 5.10 Å². The Labute approximate surface area is 197 Å². The quantitative estimate of drug-likeness (QED) is 0.530. The van der Waals surface area contributed by atoms with E-state index < -0.39 is 58.5 Å². The van der Waals surface area contributed by atoms with Crippen LogP contribution in [0.1, 0.15) is 53.3 Å². The van der Waals surface area contributed by atoms with Crippen LogP contribution in [0, 0.1) is 17.5 Å². The summed E-state index contributed by atoms with van der Waals surface area (Å²) in [4.78, 5) is 39.2. The van der Waals surface area contributed by atoms with E-state index in [1.165, 1.54) is 41.1 Å². The number of halogens is 3. The van der Waals surface area contributed by atoms with Crippen molar-refractivity contribution in [3.63, 3.8) is 0 Å². The van der Waals surface area contributed by atoms with Gasteiger partial charge in [-0.15, -0.1) is 0 Å². The third-order valence-electron chi connectivity index (χ3n) is 6.54. The molecule has 0 aliphatic carbocycles. The minimum Gasteiger partial charge on any atom is -0.420 e. The van der Waals surface area contributed by atoms with Crippen LogP contribution in [0.5, 0.6) is 5.75 Å². The van der Waals surface area contributed by atoms with Gasteiger partial charge in [-0.1, -0.05) is 24.3 Å². The van der Waals surface area contributed by atoms with E-state index in [0.717, 1.165) is 19.2 Å². The first-order chi connectivity index (χ1) is 16.8. The lowest BCUT2D eigenvalue weighted by molar-refractivity contribution is -0.132. The third kappa shape index (κ3) is 3.78. The smallest absolute Gasteiger partial charge is 0.308 e. The molecule has 2 aliphatic heterocycles. The number of fused-ring (bicyclic) bond motifs is 2. The van der Waals surface area contributed by atoms with Crippen LogP contribution < -0.4 is 10.2 Å². The van der Waals surface area contributed by atoms with Gasteiger partial charge in [0.15, 0.2) is 17.3 Å². The number of carbonyl (C=O) groups is 2. The molecule has 0 N–H and O–H groups in total. The maximum Gasteiger partial charge on any atom is 0.308 e. The minimum atomic E-state index is -1.08. The lowest BCUT2D eigenvalue weighted by Crippen LogP contribution is -2.51.